The Kier molecular flexibility index (Phi) is 5.04. The van der Waals surface area contributed by atoms with Gasteiger partial charge in [0, 0.05) is 6.42 Å². The Morgan fingerprint density at radius 3 is 2.65 bits per heavy atom. The molecule has 0 radical (unpaired) electrons. The number of unbranched alkanes of at least 4 members (excludes halogenated alkanes) is 1. The third-order valence-corrected chi connectivity index (χ3v) is 2.13. The van der Waals surface area contributed by atoms with Gasteiger partial charge in [0.15, 0.2) is 0 Å². The lowest BCUT2D eigenvalue weighted by Crippen LogP contribution is -2.15. The molecule has 3 nitrogen and oxygen atoms in total. The van der Waals surface area contributed by atoms with Crippen molar-refractivity contribution in [1.82, 2.24) is 5.32 Å². The smallest absolute Gasteiger partial charge is 0.389 e. The van der Waals surface area contributed by atoms with E-state index in [1.54, 1.807) is 12.1 Å². The van der Waals surface area contributed by atoms with Crippen LogP contribution < -0.4 is 5.32 Å². The van der Waals surface area contributed by atoms with E-state index in [-0.39, 0.29) is 12.2 Å². The molecule has 0 aromatic carbocycles. The van der Waals surface area contributed by atoms with Crippen LogP contribution in [0.5, 0.6) is 0 Å². The van der Waals surface area contributed by atoms with E-state index in [9.17, 15) is 13.2 Å². The van der Waals surface area contributed by atoms with Gasteiger partial charge in [-0.05, 0) is 31.5 Å². The van der Waals surface area contributed by atoms with Gasteiger partial charge in [0.2, 0.25) is 5.76 Å². The molecular formula is C11H13F3N2O. The summed E-state index contributed by atoms with van der Waals surface area (Å²) in [6, 6.07) is 5.08. The van der Waals surface area contributed by atoms with Gasteiger partial charge >= 0.3 is 6.18 Å². The number of hydrogen-bond donors (Lipinski definition) is 1. The predicted octanol–water partition coefficient (Wildman–Crippen LogP) is 2.97. The molecule has 0 aliphatic heterocycles. The molecule has 1 aromatic heterocycles. The van der Waals surface area contributed by atoms with Crippen LogP contribution in [0.4, 0.5) is 13.2 Å². The Morgan fingerprint density at radius 1 is 1.29 bits per heavy atom. The molecule has 0 saturated carbocycles. The Labute approximate surface area is 97.2 Å². The Balaban J connectivity index is 2.07. The highest BCUT2D eigenvalue weighted by atomic mass is 19.4. The number of nitrogens with one attached hydrogen (secondary N) is 1. The number of rotatable bonds is 6. The van der Waals surface area contributed by atoms with Gasteiger partial charge in [0.25, 0.3) is 0 Å². The summed E-state index contributed by atoms with van der Waals surface area (Å²) >= 11 is 0. The van der Waals surface area contributed by atoms with Crippen molar-refractivity contribution in [3.63, 3.8) is 0 Å². The molecular weight excluding hydrogens is 233 g/mol. The molecule has 0 spiro atoms. The molecule has 0 aliphatic carbocycles. The monoisotopic (exact) mass is 246 g/mol. The van der Waals surface area contributed by atoms with E-state index >= 15 is 0 Å². The van der Waals surface area contributed by atoms with Crippen LogP contribution in [-0.4, -0.2) is 12.7 Å². The van der Waals surface area contributed by atoms with Crippen LogP contribution >= 0.6 is 0 Å². The number of nitrogens with zero attached hydrogens (tertiary/aromatic N) is 1. The molecule has 17 heavy (non-hydrogen) atoms. The molecule has 0 amide bonds. The number of hydrogen-bond acceptors (Lipinski definition) is 3. The van der Waals surface area contributed by atoms with Crippen LogP contribution in [0.1, 0.15) is 30.8 Å². The maximum absolute atomic E-state index is 11.8. The van der Waals surface area contributed by atoms with E-state index in [1.165, 1.54) is 0 Å². The second-order valence-corrected chi connectivity index (χ2v) is 3.63. The SMILES string of the molecule is N#Cc1ccc(CNCCCCC(F)(F)F)o1. The van der Waals surface area contributed by atoms with Gasteiger partial charge in [-0.15, -0.1) is 0 Å². The maximum atomic E-state index is 11.8. The molecule has 1 heterocycles. The first-order valence-electron chi connectivity index (χ1n) is 5.27. The van der Waals surface area contributed by atoms with Crippen molar-refractivity contribution < 1.29 is 17.6 Å². The van der Waals surface area contributed by atoms with Gasteiger partial charge in [0.05, 0.1) is 6.54 Å². The zero-order valence-electron chi connectivity index (χ0n) is 9.18. The van der Waals surface area contributed by atoms with Gasteiger partial charge in [-0.3, -0.25) is 0 Å². The molecule has 1 aromatic rings. The van der Waals surface area contributed by atoms with Crippen LogP contribution in [-0.2, 0) is 6.54 Å². The highest BCUT2D eigenvalue weighted by molar-refractivity contribution is 5.18. The van der Waals surface area contributed by atoms with Gasteiger partial charge in [-0.25, -0.2) is 0 Å². The Morgan fingerprint density at radius 2 is 2.06 bits per heavy atom. The van der Waals surface area contributed by atoms with E-state index in [2.05, 4.69) is 5.32 Å². The molecule has 0 bridgehead atoms. The summed E-state index contributed by atoms with van der Waals surface area (Å²) in [5.41, 5.74) is 0. The summed E-state index contributed by atoms with van der Waals surface area (Å²) in [4.78, 5) is 0. The number of furan rings is 1. The highest BCUT2D eigenvalue weighted by Crippen LogP contribution is 2.21. The summed E-state index contributed by atoms with van der Waals surface area (Å²) in [6.07, 6.45) is -4.22. The molecule has 0 fully saturated rings. The van der Waals surface area contributed by atoms with E-state index in [4.69, 9.17) is 9.68 Å². The molecule has 94 valence electrons. The fraction of sp³-hybridized carbons (Fsp3) is 0.545. The van der Waals surface area contributed by atoms with Crippen molar-refractivity contribution >= 4 is 0 Å². The van der Waals surface area contributed by atoms with E-state index in [0.717, 1.165) is 0 Å². The Bertz CT molecular complexity index is 379. The summed E-state index contributed by atoms with van der Waals surface area (Å²) in [7, 11) is 0. The van der Waals surface area contributed by atoms with Crippen LogP contribution in [0, 0.1) is 11.3 Å². The first-order chi connectivity index (χ1) is 8.01. The first kappa shape index (κ1) is 13.6. The molecule has 6 heteroatoms. The third-order valence-electron chi connectivity index (χ3n) is 2.13. The quantitative estimate of drug-likeness (QED) is 0.785. The average molecular weight is 246 g/mol. The second-order valence-electron chi connectivity index (χ2n) is 3.63. The molecule has 0 saturated heterocycles. The minimum absolute atomic E-state index is 0.123. The molecule has 0 unspecified atom stereocenters. The van der Waals surface area contributed by atoms with Crippen LogP contribution in [0.3, 0.4) is 0 Å². The van der Waals surface area contributed by atoms with E-state index < -0.39 is 12.6 Å². The molecule has 1 N–H and O–H groups in total. The topological polar surface area (TPSA) is 49.0 Å². The maximum Gasteiger partial charge on any atom is 0.389 e. The van der Waals surface area contributed by atoms with Crippen LogP contribution in [0.2, 0.25) is 0 Å². The zero-order valence-corrected chi connectivity index (χ0v) is 9.18. The summed E-state index contributed by atoms with van der Waals surface area (Å²) in [5.74, 6) is 0.844. The van der Waals surface area contributed by atoms with Gasteiger partial charge in [-0.2, -0.15) is 18.4 Å². The Hall–Kier alpha value is -1.48. The summed E-state index contributed by atoms with van der Waals surface area (Å²) in [6.45, 7) is 0.923. The van der Waals surface area contributed by atoms with Crippen molar-refractivity contribution in [2.24, 2.45) is 0 Å². The molecule has 1 rings (SSSR count). The number of alkyl halides is 3. The van der Waals surface area contributed by atoms with E-state index in [1.807, 2.05) is 6.07 Å². The lowest BCUT2D eigenvalue weighted by Gasteiger charge is -2.06. The minimum atomic E-state index is -4.07. The number of nitriles is 1. The fourth-order valence-electron chi connectivity index (χ4n) is 1.32. The van der Waals surface area contributed by atoms with Gasteiger partial charge < -0.3 is 9.73 Å². The lowest BCUT2D eigenvalue weighted by atomic mass is 10.2. The highest BCUT2D eigenvalue weighted by Gasteiger charge is 2.25. The zero-order chi connectivity index (χ0) is 12.7. The summed E-state index contributed by atoms with van der Waals surface area (Å²) in [5, 5.41) is 11.5. The third kappa shape index (κ3) is 5.97. The fourth-order valence-corrected chi connectivity index (χ4v) is 1.32. The van der Waals surface area contributed by atoms with Crippen LogP contribution in [0.15, 0.2) is 16.5 Å². The van der Waals surface area contributed by atoms with Gasteiger partial charge in [0.1, 0.15) is 11.8 Å². The molecule has 0 aliphatic rings. The van der Waals surface area contributed by atoms with Crippen molar-refractivity contribution in [3.05, 3.63) is 23.7 Å². The van der Waals surface area contributed by atoms with Crippen molar-refractivity contribution in [2.45, 2.75) is 32.0 Å². The van der Waals surface area contributed by atoms with Crippen LogP contribution in [0.25, 0.3) is 0 Å². The average Bonchev–Trinajstić information content (AvgIpc) is 2.69. The van der Waals surface area contributed by atoms with E-state index in [0.29, 0.717) is 25.3 Å². The van der Waals surface area contributed by atoms with Crippen molar-refractivity contribution in [2.75, 3.05) is 6.54 Å². The second kappa shape index (κ2) is 6.30. The van der Waals surface area contributed by atoms with Gasteiger partial charge in [-0.1, -0.05) is 0 Å². The van der Waals surface area contributed by atoms with Crippen molar-refractivity contribution in [3.8, 4) is 6.07 Å². The first-order valence-corrected chi connectivity index (χ1v) is 5.27. The largest absolute Gasteiger partial charge is 0.449 e. The predicted molar refractivity (Wildman–Crippen MR) is 55.0 cm³/mol. The minimum Gasteiger partial charge on any atom is -0.449 e. The normalized spacial score (nSPS) is 11.4. The molecule has 0 atom stereocenters. The standard InChI is InChI=1S/C11H13F3N2O/c12-11(13,14)5-1-2-6-16-8-10-4-3-9(7-15)17-10/h3-4,16H,1-2,5-6,8H2. The number of halogens is 3. The lowest BCUT2D eigenvalue weighted by molar-refractivity contribution is -0.135. The van der Waals surface area contributed by atoms with Crippen molar-refractivity contribution in [1.29, 1.82) is 5.26 Å². The summed E-state index contributed by atoms with van der Waals surface area (Å²) < 4.78 is 40.5.